The molecular weight excluding hydrogens is 198 g/mol. The Kier molecular flexibility index (Phi) is 2.12. The molecule has 1 heterocycles. The molecule has 2 rings (SSSR count). The third kappa shape index (κ3) is 1.55. The van der Waals surface area contributed by atoms with Crippen molar-refractivity contribution in [2.75, 3.05) is 0 Å². The molecular formula is C9H9N3O3. The number of benzene rings is 1. The Morgan fingerprint density at radius 2 is 2.33 bits per heavy atom. The lowest BCUT2D eigenvalue weighted by molar-refractivity contribution is -0.384. The predicted octanol–water partition coefficient (Wildman–Crippen LogP) is 1.52. The number of hydrogen-bond acceptors (Lipinski definition) is 4. The molecule has 1 atom stereocenters. The molecule has 2 N–H and O–H groups in total. The number of H-pyrrole nitrogens is 1. The maximum atomic E-state index is 10.6. The van der Waals surface area contributed by atoms with Gasteiger partial charge in [-0.15, -0.1) is 0 Å². The monoisotopic (exact) mass is 207 g/mol. The van der Waals surface area contributed by atoms with Crippen LogP contribution in [0.2, 0.25) is 0 Å². The van der Waals surface area contributed by atoms with Crippen molar-refractivity contribution in [3.63, 3.8) is 0 Å². The van der Waals surface area contributed by atoms with Gasteiger partial charge >= 0.3 is 0 Å². The number of aliphatic hydroxyl groups excluding tert-OH is 1. The third-order valence-electron chi connectivity index (χ3n) is 2.18. The normalized spacial score (nSPS) is 12.9. The first kappa shape index (κ1) is 9.60. The summed E-state index contributed by atoms with van der Waals surface area (Å²) in [5.74, 6) is 0. The van der Waals surface area contributed by atoms with E-state index in [1.54, 1.807) is 13.0 Å². The number of aromatic amines is 1. The number of aliphatic hydroxyl groups is 1. The minimum absolute atomic E-state index is 0.00852. The molecule has 1 unspecified atom stereocenters. The Morgan fingerprint density at radius 1 is 1.60 bits per heavy atom. The van der Waals surface area contributed by atoms with E-state index in [9.17, 15) is 15.2 Å². The Bertz CT molecular complexity index is 518. The van der Waals surface area contributed by atoms with Crippen molar-refractivity contribution < 1.29 is 10.0 Å². The highest BCUT2D eigenvalue weighted by Gasteiger charge is 2.14. The van der Waals surface area contributed by atoms with Crippen molar-refractivity contribution in [3.8, 4) is 0 Å². The largest absolute Gasteiger partial charge is 0.387 e. The quantitative estimate of drug-likeness (QED) is 0.576. The first-order chi connectivity index (χ1) is 7.09. The summed E-state index contributed by atoms with van der Waals surface area (Å²) in [7, 11) is 0. The topological polar surface area (TPSA) is 92.1 Å². The maximum absolute atomic E-state index is 10.6. The summed E-state index contributed by atoms with van der Waals surface area (Å²) in [5, 5.41) is 27.1. The second-order valence-electron chi connectivity index (χ2n) is 3.27. The number of nitrogens with zero attached hydrogens (tertiary/aromatic N) is 2. The average Bonchev–Trinajstić information content (AvgIpc) is 2.59. The van der Waals surface area contributed by atoms with Gasteiger partial charge in [-0.2, -0.15) is 5.10 Å². The van der Waals surface area contributed by atoms with E-state index in [0.717, 1.165) is 0 Å². The van der Waals surface area contributed by atoms with Crippen LogP contribution in [0.5, 0.6) is 0 Å². The van der Waals surface area contributed by atoms with E-state index < -0.39 is 11.0 Å². The number of nitro groups is 1. The number of non-ortho nitro benzene ring substituents is 1. The van der Waals surface area contributed by atoms with E-state index in [1.165, 1.54) is 12.1 Å². The summed E-state index contributed by atoms with van der Waals surface area (Å²) < 4.78 is 0. The number of nitrogens with one attached hydrogen (secondary N) is 1. The van der Waals surface area contributed by atoms with Gasteiger partial charge < -0.3 is 5.11 Å². The zero-order valence-electron chi connectivity index (χ0n) is 7.97. The van der Waals surface area contributed by atoms with Crippen LogP contribution >= 0.6 is 0 Å². The maximum Gasteiger partial charge on any atom is 0.270 e. The van der Waals surface area contributed by atoms with E-state index in [1.807, 2.05) is 0 Å². The predicted molar refractivity (Wildman–Crippen MR) is 53.4 cm³/mol. The standard InChI is InChI=1S/C9H9N3O3/c1-5(13)9-7-4-6(12(14)15)2-3-8(7)10-11-9/h2-5,13H,1H3,(H,10,11). The molecule has 0 aliphatic carbocycles. The van der Waals surface area contributed by atoms with E-state index in [0.29, 0.717) is 16.6 Å². The van der Waals surface area contributed by atoms with Crippen molar-refractivity contribution in [1.29, 1.82) is 0 Å². The summed E-state index contributed by atoms with van der Waals surface area (Å²) in [5.41, 5.74) is 1.09. The molecule has 15 heavy (non-hydrogen) atoms. The summed E-state index contributed by atoms with van der Waals surface area (Å²) in [6.45, 7) is 1.56. The third-order valence-corrected chi connectivity index (χ3v) is 2.18. The Labute approximate surface area is 84.7 Å². The molecule has 6 nitrogen and oxygen atoms in total. The van der Waals surface area contributed by atoms with Crippen LogP contribution in [-0.4, -0.2) is 20.2 Å². The first-order valence-corrected chi connectivity index (χ1v) is 4.40. The van der Waals surface area contributed by atoms with Crippen LogP contribution in [0.1, 0.15) is 18.7 Å². The smallest absolute Gasteiger partial charge is 0.270 e. The van der Waals surface area contributed by atoms with Gasteiger partial charge in [0.25, 0.3) is 5.69 Å². The number of hydrogen-bond donors (Lipinski definition) is 2. The summed E-state index contributed by atoms with van der Waals surface area (Å²) in [4.78, 5) is 10.1. The molecule has 78 valence electrons. The van der Waals surface area contributed by atoms with Crippen molar-refractivity contribution in [2.24, 2.45) is 0 Å². The number of rotatable bonds is 2. The SMILES string of the molecule is CC(O)c1n[nH]c2ccc([N+](=O)[O-])cc12. The minimum atomic E-state index is -0.749. The molecule has 0 saturated heterocycles. The molecule has 0 amide bonds. The summed E-state index contributed by atoms with van der Waals surface area (Å²) in [6.07, 6.45) is -0.749. The van der Waals surface area contributed by atoms with Gasteiger partial charge in [-0.3, -0.25) is 15.2 Å². The van der Waals surface area contributed by atoms with Gasteiger partial charge in [0.15, 0.2) is 0 Å². The van der Waals surface area contributed by atoms with Crippen molar-refractivity contribution in [2.45, 2.75) is 13.0 Å². The molecule has 0 spiro atoms. The van der Waals surface area contributed by atoms with Gasteiger partial charge in [-0.05, 0) is 13.0 Å². The lowest BCUT2D eigenvalue weighted by Gasteiger charge is -1.98. The van der Waals surface area contributed by atoms with Gasteiger partial charge in [0.05, 0.1) is 22.2 Å². The van der Waals surface area contributed by atoms with E-state index >= 15 is 0 Å². The molecule has 1 aromatic carbocycles. The second-order valence-corrected chi connectivity index (χ2v) is 3.27. The highest BCUT2D eigenvalue weighted by molar-refractivity contribution is 5.83. The Balaban J connectivity index is 2.66. The zero-order chi connectivity index (χ0) is 11.0. The van der Waals surface area contributed by atoms with Gasteiger partial charge in [0.2, 0.25) is 0 Å². The molecule has 1 aromatic heterocycles. The van der Waals surface area contributed by atoms with Crippen LogP contribution in [0.15, 0.2) is 18.2 Å². The van der Waals surface area contributed by atoms with Crippen molar-refractivity contribution in [1.82, 2.24) is 10.2 Å². The van der Waals surface area contributed by atoms with Crippen LogP contribution in [0.3, 0.4) is 0 Å². The number of aromatic nitrogens is 2. The molecule has 0 radical (unpaired) electrons. The fourth-order valence-electron chi connectivity index (χ4n) is 1.45. The molecule has 6 heteroatoms. The van der Waals surface area contributed by atoms with Crippen LogP contribution in [-0.2, 0) is 0 Å². The molecule has 2 aromatic rings. The lowest BCUT2D eigenvalue weighted by atomic mass is 10.1. The van der Waals surface area contributed by atoms with Gasteiger partial charge in [0.1, 0.15) is 0 Å². The minimum Gasteiger partial charge on any atom is -0.387 e. The van der Waals surface area contributed by atoms with Gasteiger partial charge in [0, 0.05) is 17.5 Å². The molecule has 0 aliphatic rings. The zero-order valence-corrected chi connectivity index (χ0v) is 7.97. The van der Waals surface area contributed by atoms with Gasteiger partial charge in [-0.1, -0.05) is 0 Å². The van der Waals surface area contributed by atoms with E-state index in [4.69, 9.17) is 0 Å². The highest BCUT2D eigenvalue weighted by atomic mass is 16.6. The Morgan fingerprint density at radius 3 is 2.93 bits per heavy atom. The number of nitro benzene ring substituents is 1. The Hall–Kier alpha value is -1.95. The lowest BCUT2D eigenvalue weighted by Crippen LogP contribution is -1.92. The van der Waals surface area contributed by atoms with Crippen LogP contribution < -0.4 is 0 Å². The average molecular weight is 207 g/mol. The summed E-state index contributed by atoms with van der Waals surface area (Å²) >= 11 is 0. The first-order valence-electron chi connectivity index (χ1n) is 4.40. The summed E-state index contributed by atoms with van der Waals surface area (Å²) in [6, 6.07) is 4.37. The molecule has 0 aliphatic heterocycles. The van der Waals surface area contributed by atoms with Crippen LogP contribution in [0.4, 0.5) is 5.69 Å². The highest BCUT2D eigenvalue weighted by Crippen LogP contribution is 2.25. The van der Waals surface area contributed by atoms with E-state index in [2.05, 4.69) is 10.2 Å². The second kappa shape index (κ2) is 3.32. The van der Waals surface area contributed by atoms with E-state index in [-0.39, 0.29) is 5.69 Å². The molecule has 0 saturated carbocycles. The van der Waals surface area contributed by atoms with Crippen LogP contribution in [0, 0.1) is 10.1 Å². The molecule has 0 fully saturated rings. The number of fused-ring (bicyclic) bond motifs is 1. The van der Waals surface area contributed by atoms with Crippen molar-refractivity contribution >= 4 is 16.6 Å². The fourth-order valence-corrected chi connectivity index (χ4v) is 1.45. The van der Waals surface area contributed by atoms with Crippen molar-refractivity contribution in [3.05, 3.63) is 34.0 Å². The van der Waals surface area contributed by atoms with Gasteiger partial charge in [-0.25, -0.2) is 0 Å². The van der Waals surface area contributed by atoms with Crippen LogP contribution in [0.25, 0.3) is 10.9 Å². The molecule has 0 bridgehead atoms. The fraction of sp³-hybridized carbons (Fsp3) is 0.222.